The Morgan fingerprint density at radius 3 is 2.41 bits per heavy atom. The summed E-state index contributed by atoms with van der Waals surface area (Å²) in [6.45, 7) is 3.19. The molecule has 27 heavy (non-hydrogen) atoms. The topological polar surface area (TPSA) is 110 Å². The quantitative estimate of drug-likeness (QED) is 0.743. The Morgan fingerprint density at radius 1 is 1.11 bits per heavy atom. The van der Waals surface area contributed by atoms with E-state index in [1.54, 1.807) is 13.0 Å². The fourth-order valence-corrected chi connectivity index (χ4v) is 2.18. The van der Waals surface area contributed by atoms with Crippen LogP contribution in [0.2, 0.25) is 0 Å². The SMILES string of the molecule is C#CC(O)(CC#CC(C)(O)c1ccnc(OC)n1)c1cc(C)nc(OC)n1. The molecule has 0 aliphatic rings. The van der Waals surface area contributed by atoms with Gasteiger partial charge in [0.05, 0.1) is 32.0 Å². The van der Waals surface area contributed by atoms with E-state index in [2.05, 4.69) is 37.7 Å². The number of ether oxygens (including phenoxy) is 2. The molecule has 2 atom stereocenters. The van der Waals surface area contributed by atoms with Gasteiger partial charge in [0.15, 0.2) is 11.2 Å². The molecule has 0 saturated heterocycles. The number of nitrogens with zero attached hydrogens (tertiary/aromatic N) is 4. The predicted octanol–water partition coefficient (Wildman–Crippen LogP) is 0.714. The van der Waals surface area contributed by atoms with E-state index in [4.69, 9.17) is 15.9 Å². The fourth-order valence-electron chi connectivity index (χ4n) is 2.18. The van der Waals surface area contributed by atoms with Crippen LogP contribution in [-0.4, -0.2) is 44.4 Å². The first-order valence-electron chi connectivity index (χ1n) is 7.94. The minimum Gasteiger partial charge on any atom is -0.467 e. The van der Waals surface area contributed by atoms with E-state index in [0.717, 1.165) is 0 Å². The third kappa shape index (κ3) is 4.70. The maximum Gasteiger partial charge on any atom is 0.316 e. The molecule has 0 spiro atoms. The summed E-state index contributed by atoms with van der Waals surface area (Å²) in [4.78, 5) is 16.1. The lowest BCUT2D eigenvalue weighted by molar-refractivity contribution is 0.0986. The molecule has 2 aromatic heterocycles. The van der Waals surface area contributed by atoms with E-state index in [1.165, 1.54) is 33.4 Å². The molecule has 2 aromatic rings. The van der Waals surface area contributed by atoms with Gasteiger partial charge in [-0.3, -0.25) is 0 Å². The van der Waals surface area contributed by atoms with Crippen LogP contribution in [0.15, 0.2) is 18.3 Å². The Balaban J connectivity index is 2.30. The highest BCUT2D eigenvalue weighted by Crippen LogP contribution is 2.25. The van der Waals surface area contributed by atoms with Crippen LogP contribution in [-0.2, 0) is 11.2 Å². The Bertz CT molecular complexity index is 927. The van der Waals surface area contributed by atoms with Crippen LogP contribution in [0.4, 0.5) is 0 Å². The molecule has 0 saturated carbocycles. The molecule has 0 bridgehead atoms. The number of hydrogen-bond donors (Lipinski definition) is 2. The summed E-state index contributed by atoms with van der Waals surface area (Å²) in [5.41, 5.74) is -2.34. The molecule has 0 aliphatic carbocycles. The second-order valence-electron chi connectivity index (χ2n) is 5.87. The smallest absolute Gasteiger partial charge is 0.316 e. The number of terminal acetylenes is 1. The van der Waals surface area contributed by atoms with Crippen molar-refractivity contribution in [2.24, 2.45) is 0 Å². The van der Waals surface area contributed by atoms with Crippen LogP contribution in [0.5, 0.6) is 12.0 Å². The summed E-state index contributed by atoms with van der Waals surface area (Å²) < 4.78 is 9.95. The van der Waals surface area contributed by atoms with Gasteiger partial charge in [0, 0.05) is 11.9 Å². The van der Waals surface area contributed by atoms with Crippen molar-refractivity contribution >= 4 is 0 Å². The van der Waals surface area contributed by atoms with E-state index in [1.807, 2.05) is 0 Å². The summed E-state index contributed by atoms with van der Waals surface area (Å²) in [6.07, 6.45) is 6.80. The lowest BCUT2D eigenvalue weighted by Crippen LogP contribution is -2.26. The number of aromatic nitrogens is 4. The van der Waals surface area contributed by atoms with Crippen molar-refractivity contribution in [3.8, 4) is 36.2 Å². The molecule has 0 radical (unpaired) electrons. The highest BCUT2D eigenvalue weighted by atomic mass is 16.5. The summed E-state index contributed by atoms with van der Waals surface area (Å²) in [5, 5.41) is 21.3. The molecule has 140 valence electrons. The Labute approximate surface area is 157 Å². The van der Waals surface area contributed by atoms with E-state index in [9.17, 15) is 10.2 Å². The van der Waals surface area contributed by atoms with E-state index in [-0.39, 0.29) is 29.8 Å². The van der Waals surface area contributed by atoms with Crippen molar-refractivity contribution in [2.45, 2.75) is 31.5 Å². The Kier molecular flexibility index (Phi) is 5.96. The molecule has 8 heteroatoms. The molecular weight excluding hydrogens is 348 g/mol. The average Bonchev–Trinajstić information content (AvgIpc) is 2.67. The van der Waals surface area contributed by atoms with Gasteiger partial charge in [-0.25, -0.2) is 9.97 Å². The predicted molar refractivity (Wildman–Crippen MR) is 96.6 cm³/mol. The van der Waals surface area contributed by atoms with E-state index < -0.39 is 11.2 Å². The second-order valence-corrected chi connectivity index (χ2v) is 5.87. The molecular formula is C19H20N4O4. The van der Waals surface area contributed by atoms with Crippen LogP contribution >= 0.6 is 0 Å². The third-order valence-electron chi connectivity index (χ3n) is 3.67. The first kappa shape index (κ1) is 20.1. The van der Waals surface area contributed by atoms with Crippen molar-refractivity contribution in [3.63, 3.8) is 0 Å². The van der Waals surface area contributed by atoms with Gasteiger partial charge in [-0.15, -0.1) is 6.42 Å². The van der Waals surface area contributed by atoms with Crippen LogP contribution in [0.25, 0.3) is 0 Å². The number of hydrogen-bond acceptors (Lipinski definition) is 8. The number of aliphatic hydroxyl groups is 2. The number of aryl methyl sites for hydroxylation is 1. The fraction of sp³-hybridized carbons (Fsp3) is 0.368. The van der Waals surface area contributed by atoms with Crippen molar-refractivity contribution in [1.29, 1.82) is 0 Å². The molecule has 0 aromatic carbocycles. The molecule has 8 nitrogen and oxygen atoms in total. The van der Waals surface area contributed by atoms with Crippen molar-refractivity contribution in [1.82, 2.24) is 19.9 Å². The zero-order chi connectivity index (χ0) is 20.1. The number of rotatable bonds is 5. The molecule has 2 heterocycles. The normalized spacial score (nSPS) is 14.7. The van der Waals surface area contributed by atoms with Crippen LogP contribution in [0, 0.1) is 31.1 Å². The van der Waals surface area contributed by atoms with Gasteiger partial charge < -0.3 is 19.7 Å². The monoisotopic (exact) mass is 368 g/mol. The molecule has 0 aliphatic heterocycles. The standard InChI is InChI=1S/C19H20N4O4/c1-6-19(25,15-12-13(2)21-17(23-15)27-5)10-7-9-18(3,24)14-8-11-20-16(22-14)26-4/h1,8,11-12,24-25H,10H2,2-5H3. The van der Waals surface area contributed by atoms with Crippen molar-refractivity contribution in [3.05, 3.63) is 35.4 Å². The summed E-state index contributed by atoms with van der Waals surface area (Å²) >= 11 is 0. The lowest BCUT2D eigenvalue weighted by Gasteiger charge is -2.20. The summed E-state index contributed by atoms with van der Waals surface area (Å²) in [7, 11) is 2.84. The Morgan fingerprint density at radius 2 is 1.78 bits per heavy atom. The Hall–Kier alpha value is -3.20. The summed E-state index contributed by atoms with van der Waals surface area (Å²) in [5.74, 6) is 7.67. The molecule has 0 fully saturated rings. The zero-order valence-corrected chi connectivity index (χ0v) is 15.5. The van der Waals surface area contributed by atoms with E-state index in [0.29, 0.717) is 5.69 Å². The van der Waals surface area contributed by atoms with Crippen molar-refractivity contribution in [2.75, 3.05) is 14.2 Å². The molecule has 2 N–H and O–H groups in total. The number of methoxy groups -OCH3 is 2. The van der Waals surface area contributed by atoms with Crippen LogP contribution in [0.3, 0.4) is 0 Å². The highest BCUT2D eigenvalue weighted by Gasteiger charge is 2.30. The molecule has 2 rings (SSSR count). The van der Waals surface area contributed by atoms with Crippen LogP contribution < -0.4 is 9.47 Å². The van der Waals surface area contributed by atoms with Crippen molar-refractivity contribution < 1.29 is 19.7 Å². The first-order chi connectivity index (χ1) is 12.7. The van der Waals surface area contributed by atoms with Gasteiger partial charge >= 0.3 is 12.0 Å². The van der Waals surface area contributed by atoms with Crippen LogP contribution in [0.1, 0.15) is 30.4 Å². The average molecular weight is 368 g/mol. The highest BCUT2D eigenvalue weighted by molar-refractivity contribution is 5.32. The second kappa shape index (κ2) is 8.00. The first-order valence-corrected chi connectivity index (χ1v) is 7.94. The largest absolute Gasteiger partial charge is 0.467 e. The molecule has 2 unspecified atom stereocenters. The zero-order valence-electron chi connectivity index (χ0n) is 15.5. The summed E-state index contributed by atoms with van der Waals surface area (Å²) in [6, 6.07) is 3.27. The molecule has 0 amide bonds. The minimum absolute atomic E-state index is 0.0895. The van der Waals surface area contributed by atoms with Gasteiger partial charge in [-0.2, -0.15) is 9.97 Å². The van der Waals surface area contributed by atoms with Gasteiger partial charge in [-0.05, 0) is 26.0 Å². The maximum atomic E-state index is 10.8. The van der Waals surface area contributed by atoms with Gasteiger partial charge in [0.2, 0.25) is 0 Å². The van der Waals surface area contributed by atoms with Gasteiger partial charge in [0.25, 0.3) is 0 Å². The van der Waals surface area contributed by atoms with Gasteiger partial charge in [0.1, 0.15) is 0 Å². The third-order valence-corrected chi connectivity index (χ3v) is 3.67. The van der Waals surface area contributed by atoms with E-state index >= 15 is 0 Å². The van der Waals surface area contributed by atoms with Gasteiger partial charge in [-0.1, -0.05) is 17.8 Å². The lowest BCUT2D eigenvalue weighted by atomic mass is 9.94. The maximum absolute atomic E-state index is 10.8. The minimum atomic E-state index is -1.77.